The third-order valence-corrected chi connectivity index (χ3v) is 5.18. The molecule has 0 bridgehead atoms. The molecule has 2 N–H and O–H groups in total. The van der Waals surface area contributed by atoms with Gasteiger partial charge in [-0.3, -0.25) is 0 Å². The van der Waals surface area contributed by atoms with Crippen molar-refractivity contribution in [3.63, 3.8) is 0 Å². The summed E-state index contributed by atoms with van der Waals surface area (Å²) in [6.45, 7) is 5.17. The third kappa shape index (κ3) is 2.72. The monoisotopic (exact) mass is 345 g/mol. The van der Waals surface area contributed by atoms with E-state index >= 15 is 0 Å². The third-order valence-electron chi connectivity index (χ3n) is 4.41. The Morgan fingerprint density at radius 1 is 1.19 bits per heavy atom. The van der Waals surface area contributed by atoms with Crippen molar-refractivity contribution in [3.8, 4) is 5.75 Å². The molecule has 2 unspecified atom stereocenters. The Morgan fingerprint density at radius 3 is 2.71 bits per heavy atom. The van der Waals surface area contributed by atoms with Crippen LogP contribution in [0.5, 0.6) is 5.75 Å². The van der Waals surface area contributed by atoms with Gasteiger partial charge in [-0.25, -0.2) is 0 Å². The van der Waals surface area contributed by atoms with Crippen molar-refractivity contribution in [2.75, 3.05) is 0 Å². The fourth-order valence-electron chi connectivity index (χ4n) is 3.40. The molecule has 0 aromatic heterocycles. The fraction of sp³-hybridized carbons (Fsp3) is 0.333. The van der Waals surface area contributed by atoms with Gasteiger partial charge < -0.3 is 10.4 Å². The summed E-state index contributed by atoms with van der Waals surface area (Å²) in [6.07, 6.45) is 1.04. The van der Waals surface area contributed by atoms with Crippen LogP contribution in [-0.4, -0.2) is 5.11 Å². The molecule has 3 heteroatoms. The van der Waals surface area contributed by atoms with E-state index in [0.29, 0.717) is 11.7 Å². The number of aromatic hydroxyl groups is 1. The fourth-order valence-corrected chi connectivity index (χ4v) is 3.83. The average molecular weight is 346 g/mol. The van der Waals surface area contributed by atoms with Crippen LogP contribution in [0.3, 0.4) is 0 Å². The minimum atomic E-state index is 0.224. The largest absolute Gasteiger partial charge is 0.508 e. The standard InChI is InChI=1S/C18H20BrNO/c1-11-7-8-16(21)18-15(9-12(2)17(11)18)20-10-13-5-3-4-6-14(13)19/h3-8,12,15,20-21H,9-10H2,1-2H3. The van der Waals surface area contributed by atoms with E-state index in [0.717, 1.165) is 23.0 Å². The topological polar surface area (TPSA) is 32.3 Å². The highest BCUT2D eigenvalue weighted by Gasteiger charge is 2.31. The van der Waals surface area contributed by atoms with Crippen LogP contribution in [0.1, 0.15) is 47.6 Å². The molecule has 0 radical (unpaired) electrons. The number of hydrogen-bond donors (Lipinski definition) is 2. The first kappa shape index (κ1) is 14.6. The van der Waals surface area contributed by atoms with Crippen LogP contribution in [0, 0.1) is 6.92 Å². The van der Waals surface area contributed by atoms with E-state index in [1.807, 2.05) is 18.2 Å². The molecule has 21 heavy (non-hydrogen) atoms. The molecule has 2 aromatic carbocycles. The van der Waals surface area contributed by atoms with Crippen molar-refractivity contribution in [2.24, 2.45) is 0 Å². The second kappa shape index (κ2) is 5.82. The van der Waals surface area contributed by atoms with Crippen LogP contribution in [-0.2, 0) is 6.54 Å². The van der Waals surface area contributed by atoms with E-state index in [4.69, 9.17) is 0 Å². The zero-order valence-corrected chi connectivity index (χ0v) is 13.9. The predicted molar refractivity (Wildman–Crippen MR) is 89.6 cm³/mol. The normalized spacial score (nSPS) is 20.5. The summed E-state index contributed by atoms with van der Waals surface area (Å²) >= 11 is 3.59. The Bertz CT molecular complexity index is 668. The lowest BCUT2D eigenvalue weighted by Gasteiger charge is -2.16. The van der Waals surface area contributed by atoms with Gasteiger partial charge in [0, 0.05) is 22.6 Å². The van der Waals surface area contributed by atoms with Crippen LogP contribution in [0.15, 0.2) is 40.9 Å². The summed E-state index contributed by atoms with van der Waals surface area (Å²) in [5, 5.41) is 13.8. The molecule has 1 aliphatic carbocycles. The Hall–Kier alpha value is -1.32. The highest BCUT2D eigenvalue weighted by Crippen LogP contribution is 2.46. The van der Waals surface area contributed by atoms with Gasteiger partial charge in [-0.2, -0.15) is 0 Å². The smallest absolute Gasteiger partial charge is 0.120 e. The molecule has 2 aromatic rings. The van der Waals surface area contributed by atoms with Crippen LogP contribution >= 0.6 is 15.9 Å². The number of halogens is 1. The zero-order chi connectivity index (χ0) is 15.0. The Balaban J connectivity index is 1.84. The van der Waals surface area contributed by atoms with Gasteiger partial charge in [0.2, 0.25) is 0 Å². The maximum atomic E-state index is 10.2. The van der Waals surface area contributed by atoms with Crippen molar-refractivity contribution in [2.45, 2.75) is 38.8 Å². The maximum Gasteiger partial charge on any atom is 0.120 e. The first-order valence-electron chi connectivity index (χ1n) is 7.37. The van der Waals surface area contributed by atoms with E-state index < -0.39 is 0 Å². The average Bonchev–Trinajstić information content (AvgIpc) is 2.80. The van der Waals surface area contributed by atoms with Crippen LogP contribution < -0.4 is 5.32 Å². The first-order chi connectivity index (χ1) is 10.1. The van der Waals surface area contributed by atoms with Crippen LogP contribution in [0.4, 0.5) is 0 Å². The molecule has 0 fully saturated rings. The lowest BCUT2D eigenvalue weighted by atomic mass is 9.97. The van der Waals surface area contributed by atoms with Crippen molar-refractivity contribution < 1.29 is 5.11 Å². The van der Waals surface area contributed by atoms with Gasteiger partial charge in [-0.15, -0.1) is 0 Å². The van der Waals surface area contributed by atoms with E-state index in [-0.39, 0.29) is 6.04 Å². The summed E-state index contributed by atoms with van der Waals surface area (Å²) in [5.41, 5.74) is 4.93. The van der Waals surface area contributed by atoms with Gasteiger partial charge in [0.25, 0.3) is 0 Å². The highest BCUT2D eigenvalue weighted by molar-refractivity contribution is 9.10. The maximum absolute atomic E-state index is 10.2. The van der Waals surface area contributed by atoms with Gasteiger partial charge >= 0.3 is 0 Å². The molecule has 110 valence electrons. The second-order valence-corrected chi connectivity index (χ2v) is 6.74. The molecule has 2 nitrogen and oxygen atoms in total. The zero-order valence-electron chi connectivity index (χ0n) is 12.4. The van der Waals surface area contributed by atoms with Gasteiger partial charge in [0.15, 0.2) is 0 Å². The molecular formula is C18H20BrNO. The molecule has 3 rings (SSSR count). The summed E-state index contributed by atoms with van der Waals surface area (Å²) in [6, 6.07) is 12.3. The molecular weight excluding hydrogens is 326 g/mol. The minimum absolute atomic E-state index is 0.224. The number of aryl methyl sites for hydroxylation is 1. The first-order valence-corrected chi connectivity index (χ1v) is 8.16. The molecule has 0 spiro atoms. The minimum Gasteiger partial charge on any atom is -0.508 e. The Kier molecular flexibility index (Phi) is 4.05. The number of fused-ring (bicyclic) bond motifs is 1. The molecule has 2 atom stereocenters. The van der Waals surface area contributed by atoms with Crippen molar-refractivity contribution in [3.05, 3.63) is 63.1 Å². The number of hydrogen-bond acceptors (Lipinski definition) is 2. The van der Waals surface area contributed by atoms with Gasteiger partial charge in [-0.05, 0) is 48.1 Å². The molecule has 0 aliphatic heterocycles. The molecule has 0 saturated carbocycles. The van der Waals surface area contributed by atoms with E-state index in [1.165, 1.54) is 16.7 Å². The molecule has 1 aliphatic rings. The lowest BCUT2D eigenvalue weighted by Crippen LogP contribution is -2.19. The lowest BCUT2D eigenvalue weighted by molar-refractivity contribution is 0.445. The summed E-state index contributed by atoms with van der Waals surface area (Å²) in [7, 11) is 0. The van der Waals surface area contributed by atoms with Crippen molar-refractivity contribution in [1.82, 2.24) is 5.32 Å². The van der Waals surface area contributed by atoms with Crippen LogP contribution in [0.2, 0.25) is 0 Å². The Morgan fingerprint density at radius 2 is 1.95 bits per heavy atom. The number of benzene rings is 2. The van der Waals surface area contributed by atoms with Gasteiger partial charge in [0.05, 0.1) is 0 Å². The second-order valence-electron chi connectivity index (χ2n) is 5.89. The number of phenolic OH excluding ortho intramolecular Hbond substituents is 1. The molecule has 0 saturated heterocycles. The highest BCUT2D eigenvalue weighted by atomic mass is 79.9. The quantitative estimate of drug-likeness (QED) is 0.837. The van der Waals surface area contributed by atoms with Crippen molar-refractivity contribution >= 4 is 15.9 Å². The van der Waals surface area contributed by atoms with Gasteiger partial charge in [0.1, 0.15) is 5.75 Å². The number of phenols is 1. The summed E-state index contributed by atoms with van der Waals surface area (Å²) in [5.74, 6) is 0.911. The van der Waals surface area contributed by atoms with E-state index in [2.05, 4.69) is 53.3 Å². The van der Waals surface area contributed by atoms with Gasteiger partial charge in [-0.1, -0.05) is 47.1 Å². The van der Waals surface area contributed by atoms with E-state index in [9.17, 15) is 5.11 Å². The van der Waals surface area contributed by atoms with Crippen molar-refractivity contribution in [1.29, 1.82) is 0 Å². The number of nitrogens with one attached hydrogen (secondary N) is 1. The predicted octanol–water partition coefficient (Wildman–Crippen LogP) is 4.80. The molecule has 0 heterocycles. The summed E-state index contributed by atoms with van der Waals surface area (Å²) < 4.78 is 1.12. The van der Waals surface area contributed by atoms with E-state index in [1.54, 1.807) is 0 Å². The molecule has 0 amide bonds. The summed E-state index contributed by atoms with van der Waals surface area (Å²) in [4.78, 5) is 0. The number of rotatable bonds is 3. The Labute approximate surface area is 134 Å². The van der Waals surface area contributed by atoms with Crippen LogP contribution in [0.25, 0.3) is 0 Å². The SMILES string of the molecule is Cc1ccc(O)c2c1C(C)CC2NCc1ccccc1Br.